The first-order valence-electron chi connectivity index (χ1n) is 17.7. The van der Waals surface area contributed by atoms with Crippen molar-refractivity contribution in [3.8, 4) is 0 Å². The predicted molar refractivity (Wildman–Crippen MR) is 185 cm³/mol. The van der Waals surface area contributed by atoms with Crippen LogP contribution in [0.5, 0.6) is 0 Å². The van der Waals surface area contributed by atoms with Gasteiger partial charge in [-0.15, -0.1) is 0 Å². The lowest BCUT2D eigenvalue weighted by Crippen LogP contribution is -2.45. The number of carbonyl (C=O) groups excluding carboxylic acids is 1. The summed E-state index contributed by atoms with van der Waals surface area (Å²) in [5.41, 5.74) is 0. The molecule has 0 bridgehead atoms. The van der Waals surface area contributed by atoms with Gasteiger partial charge in [-0.25, -0.2) is 4.57 Å². The number of carbonyl (C=O) groups is 1. The van der Waals surface area contributed by atoms with Crippen molar-refractivity contribution >= 4 is 13.7 Å². The minimum absolute atomic E-state index is 0.0574. The molecule has 0 aliphatic carbocycles. The molecule has 8 nitrogen and oxygen atoms in total. The summed E-state index contributed by atoms with van der Waals surface area (Å²) in [4.78, 5) is 22.9. The van der Waals surface area contributed by atoms with E-state index < -0.39 is 20.0 Å². The molecule has 0 aliphatic heterocycles. The zero-order chi connectivity index (χ0) is 32.9. The van der Waals surface area contributed by atoms with E-state index in [2.05, 4.69) is 31.3 Å². The molecule has 0 fully saturated rings. The summed E-state index contributed by atoms with van der Waals surface area (Å²) in [6.45, 7) is 4.73. The maximum absolute atomic E-state index is 12.7. The van der Waals surface area contributed by atoms with E-state index in [1.54, 1.807) is 6.08 Å². The van der Waals surface area contributed by atoms with Gasteiger partial charge in [0.1, 0.15) is 13.2 Å². The molecule has 0 saturated heterocycles. The largest absolute Gasteiger partial charge is 0.472 e. The molecule has 0 aromatic rings. The predicted octanol–water partition coefficient (Wildman–Crippen LogP) is 8.63. The molecule has 0 saturated carbocycles. The lowest BCUT2D eigenvalue weighted by atomic mass is 10.0. The Morgan fingerprint density at radius 3 is 1.82 bits per heavy atom. The number of hydrogen-bond acceptors (Lipinski definition) is 5. The van der Waals surface area contributed by atoms with Crippen LogP contribution in [0, 0.1) is 0 Å². The Kier molecular flexibility index (Phi) is 27.6. The summed E-state index contributed by atoms with van der Waals surface area (Å²) in [5, 5.41) is 13.7. The van der Waals surface area contributed by atoms with E-state index in [4.69, 9.17) is 9.05 Å². The Balaban J connectivity index is 4.65. The van der Waals surface area contributed by atoms with Crippen molar-refractivity contribution in [2.75, 3.05) is 40.9 Å². The summed E-state index contributed by atoms with van der Waals surface area (Å²) in [5.74, 6) is -0.192. The molecular weight excluding hydrogens is 575 g/mol. The number of likely N-dealkylation sites (N-methyl/N-ethyl adjacent to an activating group) is 1. The lowest BCUT2D eigenvalue weighted by molar-refractivity contribution is -0.870. The summed E-state index contributed by atoms with van der Waals surface area (Å²) in [7, 11) is 1.55. The van der Waals surface area contributed by atoms with Crippen molar-refractivity contribution in [1.82, 2.24) is 5.32 Å². The maximum atomic E-state index is 12.7. The van der Waals surface area contributed by atoms with Gasteiger partial charge >= 0.3 is 7.82 Å². The normalized spacial score (nSPS) is 15.2. The molecule has 0 aromatic carbocycles. The number of phosphoric ester groups is 1. The van der Waals surface area contributed by atoms with Gasteiger partial charge in [0, 0.05) is 6.42 Å². The number of quaternary nitrogens is 1. The fourth-order valence-electron chi connectivity index (χ4n) is 4.76. The second kappa shape index (κ2) is 28.2. The van der Waals surface area contributed by atoms with Crippen molar-refractivity contribution < 1.29 is 32.9 Å². The van der Waals surface area contributed by atoms with Crippen molar-refractivity contribution in [2.45, 2.75) is 154 Å². The van der Waals surface area contributed by atoms with E-state index in [9.17, 15) is 19.4 Å². The van der Waals surface area contributed by atoms with E-state index in [1.165, 1.54) is 83.5 Å². The lowest BCUT2D eigenvalue weighted by Gasteiger charge is -2.25. The number of aliphatic hydroxyl groups excluding tert-OH is 1. The van der Waals surface area contributed by atoms with Crippen LogP contribution in [0.25, 0.3) is 0 Å². The van der Waals surface area contributed by atoms with Crippen LogP contribution in [0.15, 0.2) is 24.3 Å². The second-order valence-corrected chi connectivity index (χ2v) is 14.7. The minimum Gasteiger partial charge on any atom is -0.387 e. The van der Waals surface area contributed by atoms with E-state index in [0.717, 1.165) is 38.5 Å². The van der Waals surface area contributed by atoms with Crippen molar-refractivity contribution in [3.63, 3.8) is 0 Å². The Morgan fingerprint density at radius 2 is 1.25 bits per heavy atom. The van der Waals surface area contributed by atoms with E-state index >= 15 is 0 Å². The zero-order valence-electron chi connectivity index (χ0n) is 29.1. The highest BCUT2D eigenvalue weighted by Crippen LogP contribution is 2.43. The first-order valence-corrected chi connectivity index (χ1v) is 19.2. The molecule has 0 aromatic heterocycles. The maximum Gasteiger partial charge on any atom is 0.472 e. The van der Waals surface area contributed by atoms with Gasteiger partial charge in [0.05, 0.1) is 39.9 Å². The number of unbranched alkanes of at least 4 members (excludes halogenated alkanes) is 16. The third-order valence-corrected chi connectivity index (χ3v) is 8.66. The molecule has 0 radical (unpaired) electrons. The number of phosphoric acid groups is 1. The molecule has 44 heavy (non-hydrogen) atoms. The van der Waals surface area contributed by atoms with Crippen molar-refractivity contribution in [1.29, 1.82) is 0 Å². The van der Waals surface area contributed by atoms with Gasteiger partial charge in [0.15, 0.2) is 0 Å². The van der Waals surface area contributed by atoms with Crippen LogP contribution in [0.1, 0.15) is 142 Å². The first kappa shape index (κ1) is 43.0. The number of amides is 1. The minimum atomic E-state index is -4.33. The third kappa shape index (κ3) is 29.7. The average Bonchev–Trinajstić information content (AvgIpc) is 2.95. The number of allylic oxidation sites excluding steroid dienone is 3. The highest BCUT2D eigenvalue weighted by molar-refractivity contribution is 7.47. The van der Waals surface area contributed by atoms with Crippen LogP contribution < -0.4 is 5.32 Å². The van der Waals surface area contributed by atoms with Gasteiger partial charge < -0.3 is 19.8 Å². The van der Waals surface area contributed by atoms with Crippen LogP contribution in [0.3, 0.4) is 0 Å². The highest BCUT2D eigenvalue weighted by Gasteiger charge is 2.27. The van der Waals surface area contributed by atoms with Crippen molar-refractivity contribution in [3.05, 3.63) is 24.3 Å². The molecule has 3 unspecified atom stereocenters. The Hall–Kier alpha value is -1.02. The quantitative estimate of drug-likeness (QED) is 0.0302. The standard InChI is InChI=1S/C35H69N2O6P/c1-6-8-10-12-14-16-18-20-22-24-26-28-34(38)33(32-43-44(40,41)42-31-30-37(3,4)5)36-35(39)29-27-25-23-21-19-17-15-13-11-9-7-2/h18,20,26,28,33-34,38H,6-17,19,21-25,27,29-32H2,1-5H3,(H-,36,39,40,41)/p+1/b20-18+,28-26+. The summed E-state index contributed by atoms with van der Waals surface area (Å²) in [6, 6.07) is -0.854. The molecule has 1 amide bonds. The molecular formula is C35H70N2O6P+. The van der Waals surface area contributed by atoms with Crippen molar-refractivity contribution in [2.24, 2.45) is 0 Å². The first-order chi connectivity index (χ1) is 21.0. The van der Waals surface area contributed by atoms with E-state index in [-0.39, 0.29) is 19.1 Å². The van der Waals surface area contributed by atoms with Gasteiger partial charge in [0.2, 0.25) is 5.91 Å². The SMILES string of the molecule is CCCCCCC/C=C/CC/C=C/C(O)C(COP(=O)(O)OCC[N+](C)(C)C)NC(=O)CCCCCCCCCCCCC. The fourth-order valence-corrected chi connectivity index (χ4v) is 5.50. The fraction of sp³-hybridized carbons (Fsp3) is 0.857. The summed E-state index contributed by atoms with van der Waals surface area (Å²) in [6.07, 6.45) is 29.6. The number of rotatable bonds is 31. The molecule has 0 heterocycles. The number of nitrogens with zero attached hydrogens (tertiary/aromatic N) is 1. The molecule has 3 atom stereocenters. The van der Waals surface area contributed by atoms with Crippen LogP contribution in [-0.4, -0.2) is 73.4 Å². The number of nitrogens with one attached hydrogen (secondary N) is 1. The zero-order valence-corrected chi connectivity index (χ0v) is 30.0. The van der Waals surface area contributed by atoms with Gasteiger partial charge in [0.25, 0.3) is 0 Å². The highest BCUT2D eigenvalue weighted by atomic mass is 31.2. The smallest absolute Gasteiger partial charge is 0.387 e. The molecule has 0 rings (SSSR count). The number of hydrogen-bond donors (Lipinski definition) is 3. The topological polar surface area (TPSA) is 105 Å². The Bertz CT molecular complexity index is 784. The van der Waals surface area contributed by atoms with Crippen LogP contribution in [0.2, 0.25) is 0 Å². The summed E-state index contributed by atoms with van der Waals surface area (Å²) >= 11 is 0. The van der Waals surface area contributed by atoms with Crippen LogP contribution in [0.4, 0.5) is 0 Å². The van der Waals surface area contributed by atoms with Crippen LogP contribution >= 0.6 is 7.82 Å². The molecule has 260 valence electrons. The van der Waals surface area contributed by atoms with Gasteiger partial charge in [-0.2, -0.15) is 0 Å². The third-order valence-electron chi connectivity index (χ3n) is 7.67. The molecule has 0 aliphatic rings. The summed E-state index contributed by atoms with van der Waals surface area (Å²) < 4.78 is 23.3. The van der Waals surface area contributed by atoms with Crippen LogP contribution in [-0.2, 0) is 18.4 Å². The number of aliphatic hydroxyl groups is 1. The second-order valence-electron chi connectivity index (χ2n) is 13.2. The average molecular weight is 646 g/mol. The molecule has 3 N–H and O–H groups in total. The Morgan fingerprint density at radius 1 is 0.750 bits per heavy atom. The molecule has 9 heteroatoms. The molecule has 0 spiro atoms. The van der Waals surface area contributed by atoms with E-state index in [0.29, 0.717) is 17.4 Å². The van der Waals surface area contributed by atoms with Gasteiger partial charge in [-0.3, -0.25) is 13.8 Å². The monoisotopic (exact) mass is 645 g/mol. The van der Waals surface area contributed by atoms with Gasteiger partial charge in [-0.1, -0.05) is 128 Å². The van der Waals surface area contributed by atoms with E-state index in [1.807, 2.05) is 27.2 Å². The van der Waals surface area contributed by atoms with Gasteiger partial charge in [-0.05, 0) is 32.1 Å². The Labute approximate surface area is 271 Å².